The summed E-state index contributed by atoms with van der Waals surface area (Å²) in [5.41, 5.74) is 0. The van der Waals surface area contributed by atoms with Crippen molar-refractivity contribution in [3.8, 4) is 0 Å². The average Bonchev–Trinajstić information content (AvgIpc) is 3.47. The zero-order chi connectivity index (χ0) is 37.5. The van der Waals surface area contributed by atoms with E-state index >= 15 is 0 Å². The Hall–Kier alpha value is -2.02. The van der Waals surface area contributed by atoms with E-state index in [1.807, 2.05) is 0 Å². The molecule has 52 heavy (non-hydrogen) atoms. The summed E-state index contributed by atoms with van der Waals surface area (Å²) >= 11 is 1.61. The quantitative estimate of drug-likeness (QED) is 0.111. The van der Waals surface area contributed by atoms with Crippen LogP contribution in [0, 0.1) is 17.8 Å². The molecule has 0 amide bonds. The molecule has 4 aromatic rings. The van der Waals surface area contributed by atoms with Gasteiger partial charge in [-0.3, -0.25) is 0 Å². The maximum atomic E-state index is 11.3. The van der Waals surface area contributed by atoms with Crippen LogP contribution < -0.4 is 26.3 Å². The number of allylic oxidation sites excluding steroid dienone is 1. The van der Waals surface area contributed by atoms with Gasteiger partial charge in [0.25, 0.3) is 0 Å². The van der Waals surface area contributed by atoms with E-state index in [9.17, 15) is 5.11 Å². The van der Waals surface area contributed by atoms with Crippen LogP contribution in [0.2, 0.25) is 0 Å². The van der Waals surface area contributed by atoms with Crippen LogP contribution in [-0.2, 0) is 33.0 Å². The van der Waals surface area contributed by atoms with Crippen LogP contribution >= 0.6 is 25.3 Å². The second-order valence-corrected chi connectivity index (χ2v) is 18.9. The molecule has 0 radical (unpaired) electrons. The molecule has 0 spiro atoms. The number of ether oxygens (including phenoxy) is 3. The maximum absolute atomic E-state index is 11.3. The van der Waals surface area contributed by atoms with E-state index in [1.54, 1.807) is 25.7 Å². The molecule has 6 rings (SSSR count). The molecule has 0 N–H and O–H groups in total. The van der Waals surface area contributed by atoms with E-state index in [0.717, 1.165) is 18.7 Å². The van der Waals surface area contributed by atoms with Crippen molar-refractivity contribution in [2.45, 2.75) is 84.9 Å². The summed E-state index contributed by atoms with van der Waals surface area (Å²) in [6.45, 7) is 12.5. The third-order valence-corrected chi connectivity index (χ3v) is 14.9. The molecule has 1 saturated carbocycles. The van der Waals surface area contributed by atoms with Crippen molar-refractivity contribution in [1.82, 2.24) is 0 Å². The minimum absolute atomic E-state index is 0.0361. The summed E-state index contributed by atoms with van der Waals surface area (Å²) in [6, 6.07) is 43.6. The monoisotopic (exact) mass is 939 g/mol. The third kappa shape index (κ3) is 12.8. The molecule has 1 aliphatic carbocycles. The van der Waals surface area contributed by atoms with Gasteiger partial charge in [0.1, 0.15) is 0 Å². The molecule has 8 heteroatoms. The summed E-state index contributed by atoms with van der Waals surface area (Å²) in [4.78, 5) is 0. The van der Waals surface area contributed by atoms with Crippen molar-refractivity contribution >= 4 is 46.5 Å². The number of halogens is 1. The van der Waals surface area contributed by atoms with E-state index in [0.29, 0.717) is 17.8 Å². The normalized spacial score (nSPS) is 22.7. The molecular formula is C44H55ClO4P2Pt. The fourth-order valence-electron chi connectivity index (χ4n) is 7.20. The van der Waals surface area contributed by atoms with Crippen LogP contribution in [0.4, 0.5) is 0 Å². The van der Waals surface area contributed by atoms with Gasteiger partial charge >= 0.3 is 28.2 Å². The Labute approximate surface area is 331 Å². The van der Waals surface area contributed by atoms with Gasteiger partial charge in [-0.2, -0.15) is 0 Å². The third-order valence-electron chi connectivity index (χ3n) is 9.75. The van der Waals surface area contributed by atoms with E-state index in [2.05, 4.69) is 165 Å². The fourth-order valence-corrected chi connectivity index (χ4v) is 12.1. The second kappa shape index (κ2) is 21.8. The van der Waals surface area contributed by atoms with Crippen LogP contribution in [0.25, 0.3) is 0 Å². The van der Waals surface area contributed by atoms with Crippen LogP contribution in [0.1, 0.15) is 60.8 Å². The van der Waals surface area contributed by atoms with E-state index in [4.69, 9.17) is 14.2 Å². The zero-order valence-corrected chi connectivity index (χ0v) is 36.2. The first-order chi connectivity index (χ1) is 25.1. The Kier molecular flexibility index (Phi) is 17.9. The van der Waals surface area contributed by atoms with Gasteiger partial charge < -0.3 is 19.3 Å². The summed E-state index contributed by atoms with van der Waals surface area (Å²) in [6.07, 6.45) is 7.11. The number of rotatable bonds is 11. The van der Waals surface area contributed by atoms with Gasteiger partial charge in [-0.1, -0.05) is 155 Å². The molecule has 0 unspecified atom stereocenters. The van der Waals surface area contributed by atoms with Crippen molar-refractivity contribution in [1.29, 1.82) is 0 Å². The molecule has 2 aliphatic rings. The van der Waals surface area contributed by atoms with Gasteiger partial charge in [0, 0.05) is 24.4 Å². The summed E-state index contributed by atoms with van der Waals surface area (Å²) in [5, 5.41) is 16.8. The van der Waals surface area contributed by atoms with Crippen molar-refractivity contribution in [3.05, 3.63) is 133 Å². The van der Waals surface area contributed by atoms with E-state index in [-0.39, 0.29) is 24.3 Å². The molecular weight excluding hydrogens is 885 g/mol. The SMILES string of the molecule is C/C=C(\[O-])O[C@@H]1C[C@H](C)CC[C@H]1C(C)C.CC1(C)O[C@@H](CP(c2ccccc2)c2ccccc2)[C@H](CP(c2ccccc2)c2ccccc2)O1.[Cl][Pt+]. The van der Waals surface area contributed by atoms with Gasteiger partial charge in [-0.15, -0.1) is 0 Å². The second-order valence-electron chi connectivity index (χ2n) is 14.4. The van der Waals surface area contributed by atoms with Crippen LogP contribution in [0.5, 0.6) is 0 Å². The van der Waals surface area contributed by atoms with Crippen molar-refractivity contribution < 1.29 is 38.1 Å². The predicted octanol–water partition coefficient (Wildman–Crippen LogP) is 9.14. The molecule has 4 aromatic carbocycles. The standard InChI is InChI=1S/C31H32O2P2.C13H24O2.ClH.Pt/c1-31(2)32-29(23-34(25-15-7-3-8-16-25)26-17-9-4-10-18-26)30(33-31)24-35(27-19-11-5-12-20-27)28-21-13-6-14-22-28;1-5-13(14)15-12-8-10(4)6-7-11(12)9(2)3;;/h3-22,29-30H,23-24H2,1-2H3;5,9-12,14H,6-8H2,1-4H3;1H;/q;;;+2/p-2/b;13-5+;;/t29-,30-;10-,11+,12-;;/m01../s1. The van der Waals surface area contributed by atoms with E-state index < -0.39 is 21.6 Å². The number of benzene rings is 4. The van der Waals surface area contributed by atoms with Gasteiger partial charge in [0.05, 0.1) is 12.2 Å². The molecule has 0 bridgehead atoms. The van der Waals surface area contributed by atoms with Gasteiger partial charge in [-0.25, -0.2) is 0 Å². The van der Waals surface area contributed by atoms with Crippen LogP contribution in [0.15, 0.2) is 133 Å². The zero-order valence-electron chi connectivity index (χ0n) is 31.3. The first-order valence-electron chi connectivity index (χ1n) is 18.4. The van der Waals surface area contributed by atoms with Gasteiger partial charge in [0.15, 0.2) is 5.79 Å². The summed E-state index contributed by atoms with van der Waals surface area (Å²) < 4.78 is 18.7. The van der Waals surface area contributed by atoms with Crippen LogP contribution in [-0.4, -0.2) is 36.4 Å². The van der Waals surface area contributed by atoms with Crippen molar-refractivity contribution in [2.75, 3.05) is 12.3 Å². The Bertz CT molecular complexity index is 1420. The van der Waals surface area contributed by atoms with Gasteiger partial charge in [0.2, 0.25) is 0 Å². The Balaban J connectivity index is 0.000000299. The average molecular weight is 940 g/mol. The summed E-state index contributed by atoms with van der Waals surface area (Å²) in [7, 11) is 3.49. The number of hydrogen-bond donors (Lipinski definition) is 0. The first-order valence-corrected chi connectivity index (χ1v) is 24.2. The Morgan fingerprint density at radius 2 is 1.12 bits per heavy atom. The minimum atomic E-state index is -0.585. The fraction of sp³-hybridized carbons (Fsp3) is 0.409. The molecule has 1 saturated heterocycles. The Morgan fingerprint density at radius 3 is 1.44 bits per heavy atom. The Morgan fingerprint density at radius 1 is 0.750 bits per heavy atom. The predicted molar refractivity (Wildman–Crippen MR) is 218 cm³/mol. The van der Waals surface area contributed by atoms with Gasteiger partial charge in [-0.05, 0) is 88.4 Å². The molecule has 1 aliphatic heterocycles. The molecule has 0 aromatic heterocycles. The number of hydrogen-bond acceptors (Lipinski definition) is 4. The molecule has 4 nitrogen and oxygen atoms in total. The van der Waals surface area contributed by atoms with Crippen LogP contribution in [0.3, 0.4) is 0 Å². The molecule has 282 valence electrons. The topological polar surface area (TPSA) is 50.8 Å². The summed E-state index contributed by atoms with van der Waals surface area (Å²) in [5.74, 6) is 1.09. The molecule has 1 heterocycles. The van der Waals surface area contributed by atoms with E-state index in [1.165, 1.54) is 40.1 Å². The van der Waals surface area contributed by atoms with Crippen molar-refractivity contribution in [3.63, 3.8) is 0 Å². The molecule has 2 fully saturated rings. The first kappa shape index (κ1) is 42.7. The molecule has 5 atom stereocenters. The van der Waals surface area contributed by atoms with Crippen molar-refractivity contribution in [2.24, 2.45) is 17.8 Å².